The molecule has 4 heteroatoms. The second-order valence-corrected chi connectivity index (χ2v) is 5.74. The van der Waals surface area contributed by atoms with Crippen molar-refractivity contribution in [1.29, 1.82) is 0 Å². The Hall–Kier alpha value is -2.46. The number of benzene rings is 2. The first-order chi connectivity index (χ1) is 10.1. The normalized spacial score (nSPS) is 11.3. The quantitative estimate of drug-likeness (QED) is 0.734. The molecule has 21 heavy (non-hydrogen) atoms. The summed E-state index contributed by atoms with van der Waals surface area (Å²) in [5, 5.41) is 10.8. The first-order valence-corrected chi connectivity index (χ1v) is 7.33. The molecule has 2 aromatic carbocycles. The molecule has 0 saturated carbocycles. The number of para-hydroxylation sites is 1. The Morgan fingerprint density at radius 3 is 2.81 bits per heavy atom. The van der Waals surface area contributed by atoms with Crippen LogP contribution in [0, 0.1) is 0 Å². The standard InChI is InChI=1S/C17H13NO2S/c1-11(19)6-7-12-8-9-15(20)13(10-12)17-18-14-4-2-3-5-16(14)21-17/h2-10,20H,1H3. The van der Waals surface area contributed by atoms with Crippen LogP contribution in [0.5, 0.6) is 5.75 Å². The molecule has 0 unspecified atom stereocenters. The maximum atomic E-state index is 11.0. The summed E-state index contributed by atoms with van der Waals surface area (Å²) in [6.07, 6.45) is 3.24. The van der Waals surface area contributed by atoms with Gasteiger partial charge in [0.1, 0.15) is 10.8 Å². The number of ketones is 1. The van der Waals surface area contributed by atoms with Crippen LogP contribution in [0.1, 0.15) is 12.5 Å². The van der Waals surface area contributed by atoms with E-state index in [1.165, 1.54) is 24.3 Å². The number of carbonyl (C=O) groups is 1. The lowest BCUT2D eigenvalue weighted by Crippen LogP contribution is -1.83. The van der Waals surface area contributed by atoms with Crippen LogP contribution in [-0.4, -0.2) is 15.9 Å². The van der Waals surface area contributed by atoms with Crippen LogP contribution in [0.2, 0.25) is 0 Å². The zero-order valence-corrected chi connectivity index (χ0v) is 12.2. The number of nitrogens with zero attached hydrogens (tertiary/aromatic N) is 1. The molecule has 0 amide bonds. The number of thiazole rings is 1. The third kappa shape index (κ3) is 2.85. The highest BCUT2D eigenvalue weighted by molar-refractivity contribution is 7.21. The fourth-order valence-corrected chi connectivity index (χ4v) is 3.02. The van der Waals surface area contributed by atoms with Gasteiger partial charge in [-0.25, -0.2) is 4.98 Å². The van der Waals surface area contributed by atoms with E-state index < -0.39 is 0 Å². The van der Waals surface area contributed by atoms with Gasteiger partial charge in [-0.15, -0.1) is 11.3 Å². The largest absolute Gasteiger partial charge is 0.507 e. The first kappa shape index (κ1) is 13.5. The molecule has 0 atom stereocenters. The molecule has 0 aliphatic rings. The van der Waals surface area contributed by atoms with Crippen LogP contribution in [-0.2, 0) is 4.79 Å². The van der Waals surface area contributed by atoms with Crippen LogP contribution in [0.4, 0.5) is 0 Å². The van der Waals surface area contributed by atoms with E-state index in [2.05, 4.69) is 4.98 Å². The summed E-state index contributed by atoms with van der Waals surface area (Å²) in [4.78, 5) is 15.6. The minimum absolute atomic E-state index is 0.00962. The van der Waals surface area contributed by atoms with Crippen molar-refractivity contribution in [2.24, 2.45) is 0 Å². The third-order valence-electron chi connectivity index (χ3n) is 3.06. The number of allylic oxidation sites excluding steroid dienone is 1. The zero-order chi connectivity index (χ0) is 14.8. The third-order valence-corrected chi connectivity index (χ3v) is 4.13. The molecule has 1 N–H and O–H groups in total. The number of hydrogen-bond acceptors (Lipinski definition) is 4. The lowest BCUT2D eigenvalue weighted by molar-refractivity contribution is -0.112. The molecule has 1 aromatic heterocycles. The Morgan fingerprint density at radius 2 is 2.05 bits per heavy atom. The van der Waals surface area contributed by atoms with Crippen molar-refractivity contribution in [3.05, 3.63) is 54.1 Å². The van der Waals surface area contributed by atoms with Crippen LogP contribution in [0.25, 0.3) is 26.9 Å². The number of hydrogen-bond donors (Lipinski definition) is 1. The van der Waals surface area contributed by atoms with Gasteiger partial charge < -0.3 is 5.11 Å². The maximum Gasteiger partial charge on any atom is 0.152 e. The van der Waals surface area contributed by atoms with Gasteiger partial charge in [0.2, 0.25) is 0 Å². The number of fused-ring (bicyclic) bond motifs is 1. The molecule has 0 aliphatic heterocycles. The molecule has 0 radical (unpaired) electrons. The van der Waals surface area contributed by atoms with E-state index >= 15 is 0 Å². The average Bonchev–Trinajstić information content (AvgIpc) is 2.90. The Bertz CT molecular complexity index is 816. The Balaban J connectivity index is 2.08. The predicted octanol–water partition coefficient (Wildman–Crippen LogP) is 4.27. The summed E-state index contributed by atoms with van der Waals surface area (Å²) in [5.41, 5.74) is 2.46. The van der Waals surface area contributed by atoms with Gasteiger partial charge in [-0.2, -0.15) is 0 Å². The fraction of sp³-hybridized carbons (Fsp3) is 0.0588. The lowest BCUT2D eigenvalue weighted by Gasteiger charge is -2.02. The van der Waals surface area contributed by atoms with E-state index in [1.54, 1.807) is 18.2 Å². The van der Waals surface area contributed by atoms with Gasteiger partial charge in [0.05, 0.1) is 15.8 Å². The molecule has 0 aliphatic carbocycles. The van der Waals surface area contributed by atoms with E-state index in [0.717, 1.165) is 20.8 Å². The van der Waals surface area contributed by atoms with Gasteiger partial charge in [0.25, 0.3) is 0 Å². The van der Waals surface area contributed by atoms with Crippen molar-refractivity contribution in [2.45, 2.75) is 6.92 Å². The summed E-state index contributed by atoms with van der Waals surface area (Å²) in [5.74, 6) is 0.179. The van der Waals surface area contributed by atoms with E-state index in [1.807, 2.05) is 30.3 Å². The van der Waals surface area contributed by atoms with E-state index in [4.69, 9.17) is 0 Å². The highest BCUT2D eigenvalue weighted by Gasteiger charge is 2.10. The average molecular weight is 295 g/mol. The Kier molecular flexibility index (Phi) is 3.54. The van der Waals surface area contributed by atoms with Crippen molar-refractivity contribution in [1.82, 2.24) is 4.98 Å². The molecular weight excluding hydrogens is 282 g/mol. The number of phenols is 1. The Labute approximate surface area is 126 Å². The van der Waals surface area contributed by atoms with Crippen LogP contribution < -0.4 is 0 Å². The molecule has 0 spiro atoms. The van der Waals surface area contributed by atoms with E-state index in [-0.39, 0.29) is 11.5 Å². The van der Waals surface area contributed by atoms with E-state index in [9.17, 15) is 9.90 Å². The molecule has 3 aromatic rings. The summed E-state index contributed by atoms with van der Waals surface area (Å²) in [7, 11) is 0. The molecule has 0 fully saturated rings. The summed E-state index contributed by atoms with van der Waals surface area (Å²) in [6.45, 7) is 1.51. The topological polar surface area (TPSA) is 50.2 Å². The molecule has 0 bridgehead atoms. The highest BCUT2D eigenvalue weighted by Crippen LogP contribution is 2.35. The monoisotopic (exact) mass is 295 g/mol. The van der Waals surface area contributed by atoms with Crippen LogP contribution in [0.3, 0.4) is 0 Å². The summed E-state index contributed by atoms with van der Waals surface area (Å²) >= 11 is 1.54. The summed E-state index contributed by atoms with van der Waals surface area (Å²) < 4.78 is 1.08. The molecule has 3 rings (SSSR count). The maximum absolute atomic E-state index is 11.0. The smallest absolute Gasteiger partial charge is 0.152 e. The Morgan fingerprint density at radius 1 is 1.24 bits per heavy atom. The minimum Gasteiger partial charge on any atom is -0.507 e. The minimum atomic E-state index is -0.00962. The first-order valence-electron chi connectivity index (χ1n) is 6.51. The SMILES string of the molecule is CC(=O)C=Cc1ccc(O)c(-c2nc3ccccc3s2)c1. The second-order valence-electron chi connectivity index (χ2n) is 4.71. The van der Waals surface area contributed by atoms with Gasteiger partial charge in [-0.3, -0.25) is 4.79 Å². The van der Waals surface area contributed by atoms with Crippen molar-refractivity contribution in [3.8, 4) is 16.3 Å². The van der Waals surface area contributed by atoms with Crippen molar-refractivity contribution >= 4 is 33.4 Å². The number of aromatic hydroxyl groups is 1. The summed E-state index contributed by atoms with van der Waals surface area (Å²) in [6, 6.07) is 13.1. The number of phenolic OH excluding ortho intramolecular Hbond substituents is 1. The second kappa shape index (κ2) is 5.50. The number of aromatic nitrogens is 1. The zero-order valence-electron chi connectivity index (χ0n) is 11.4. The van der Waals surface area contributed by atoms with Gasteiger partial charge in [-0.1, -0.05) is 24.3 Å². The number of rotatable bonds is 3. The fourth-order valence-electron chi connectivity index (χ4n) is 2.03. The molecular formula is C17H13NO2S. The lowest BCUT2D eigenvalue weighted by atomic mass is 10.1. The van der Waals surface area contributed by atoms with Gasteiger partial charge in [0.15, 0.2) is 5.78 Å². The molecule has 3 nitrogen and oxygen atoms in total. The van der Waals surface area contributed by atoms with E-state index in [0.29, 0.717) is 5.56 Å². The van der Waals surface area contributed by atoms with Gasteiger partial charge in [-0.05, 0) is 42.8 Å². The predicted molar refractivity (Wildman–Crippen MR) is 86.4 cm³/mol. The van der Waals surface area contributed by atoms with Crippen LogP contribution in [0.15, 0.2) is 48.5 Å². The van der Waals surface area contributed by atoms with Gasteiger partial charge in [0, 0.05) is 0 Å². The molecule has 1 heterocycles. The van der Waals surface area contributed by atoms with Crippen molar-refractivity contribution < 1.29 is 9.90 Å². The number of carbonyl (C=O) groups excluding carboxylic acids is 1. The molecule has 0 saturated heterocycles. The van der Waals surface area contributed by atoms with Gasteiger partial charge >= 0.3 is 0 Å². The van der Waals surface area contributed by atoms with Crippen molar-refractivity contribution in [3.63, 3.8) is 0 Å². The molecule has 104 valence electrons. The van der Waals surface area contributed by atoms with Crippen LogP contribution >= 0.6 is 11.3 Å². The van der Waals surface area contributed by atoms with Crippen molar-refractivity contribution in [2.75, 3.05) is 0 Å². The highest BCUT2D eigenvalue weighted by atomic mass is 32.1.